The van der Waals surface area contributed by atoms with E-state index in [2.05, 4.69) is 0 Å². The molecule has 100 valence electrons. The van der Waals surface area contributed by atoms with Gasteiger partial charge in [0.05, 0.1) is 11.8 Å². The van der Waals surface area contributed by atoms with E-state index in [0.717, 1.165) is 24.9 Å². The fraction of sp³-hybridized carbons (Fsp3) is 0.571. The van der Waals surface area contributed by atoms with Gasteiger partial charge in [0.2, 0.25) is 0 Å². The number of rotatable bonds is 4. The van der Waals surface area contributed by atoms with E-state index in [9.17, 15) is 9.50 Å². The maximum Gasteiger partial charge on any atom is 0.146 e. The molecule has 1 aliphatic carbocycles. The summed E-state index contributed by atoms with van der Waals surface area (Å²) >= 11 is 0. The molecule has 0 radical (unpaired) electrons. The normalized spacial score (nSPS) is 24.5. The van der Waals surface area contributed by atoms with Gasteiger partial charge in [0.1, 0.15) is 5.82 Å². The molecule has 1 fully saturated rings. The second-order valence-electron chi connectivity index (χ2n) is 5.37. The van der Waals surface area contributed by atoms with Crippen molar-refractivity contribution in [1.82, 2.24) is 0 Å². The van der Waals surface area contributed by atoms with Gasteiger partial charge >= 0.3 is 0 Å². The maximum atomic E-state index is 14.0. The van der Waals surface area contributed by atoms with E-state index >= 15 is 0 Å². The molecule has 1 aromatic rings. The highest BCUT2D eigenvalue weighted by molar-refractivity contribution is 5.49. The molecule has 0 heterocycles. The summed E-state index contributed by atoms with van der Waals surface area (Å²) in [4.78, 5) is 1.91. The van der Waals surface area contributed by atoms with E-state index in [1.807, 2.05) is 24.9 Å². The van der Waals surface area contributed by atoms with Crippen LogP contribution in [0.1, 0.15) is 31.4 Å². The molecule has 0 saturated heterocycles. The smallest absolute Gasteiger partial charge is 0.146 e. The Hall–Kier alpha value is -1.13. The highest BCUT2D eigenvalue weighted by Crippen LogP contribution is 2.30. The molecule has 0 aliphatic heterocycles. The third kappa shape index (κ3) is 2.82. The number of halogens is 1. The average molecular weight is 252 g/mol. The van der Waals surface area contributed by atoms with Crippen molar-refractivity contribution in [3.63, 3.8) is 0 Å². The van der Waals surface area contributed by atoms with Crippen LogP contribution in [0, 0.1) is 11.7 Å². The summed E-state index contributed by atoms with van der Waals surface area (Å²) in [5, 5.41) is 9.25. The first-order valence-electron chi connectivity index (χ1n) is 6.41. The van der Waals surface area contributed by atoms with E-state index < -0.39 is 0 Å². The third-order valence-corrected chi connectivity index (χ3v) is 3.65. The van der Waals surface area contributed by atoms with Crippen molar-refractivity contribution < 1.29 is 9.50 Å². The van der Waals surface area contributed by atoms with E-state index in [4.69, 9.17) is 5.73 Å². The molecule has 3 N–H and O–H groups in total. The highest BCUT2D eigenvalue weighted by Gasteiger charge is 2.28. The van der Waals surface area contributed by atoms with Crippen LogP contribution in [0.2, 0.25) is 0 Å². The number of nitrogens with two attached hydrogens (primary N) is 1. The van der Waals surface area contributed by atoms with E-state index in [1.54, 1.807) is 6.07 Å². The van der Waals surface area contributed by atoms with Crippen LogP contribution in [-0.2, 0) is 0 Å². The molecule has 1 aliphatic rings. The molecule has 0 spiro atoms. The van der Waals surface area contributed by atoms with E-state index in [-0.39, 0.29) is 18.0 Å². The summed E-state index contributed by atoms with van der Waals surface area (Å²) in [6.07, 6.45) is 1.49. The van der Waals surface area contributed by atoms with E-state index in [1.165, 1.54) is 6.07 Å². The minimum absolute atomic E-state index is 0.152. The maximum absolute atomic E-state index is 14.0. The molecular formula is C14H21FN2O. The van der Waals surface area contributed by atoms with Crippen LogP contribution < -0.4 is 10.6 Å². The van der Waals surface area contributed by atoms with Crippen LogP contribution in [0.4, 0.5) is 10.1 Å². The first kappa shape index (κ1) is 13.3. The van der Waals surface area contributed by atoms with Gasteiger partial charge in [-0.15, -0.1) is 0 Å². The van der Waals surface area contributed by atoms with Crippen molar-refractivity contribution in [1.29, 1.82) is 0 Å². The Morgan fingerprint density at radius 1 is 1.50 bits per heavy atom. The van der Waals surface area contributed by atoms with Gasteiger partial charge in [-0.2, -0.15) is 0 Å². The molecule has 0 amide bonds. The lowest BCUT2D eigenvalue weighted by Crippen LogP contribution is -2.37. The zero-order valence-electron chi connectivity index (χ0n) is 10.9. The highest BCUT2D eigenvalue weighted by atomic mass is 19.1. The number of aliphatic hydroxyl groups excluding tert-OH is 1. The van der Waals surface area contributed by atoms with Gasteiger partial charge in [-0.1, -0.05) is 6.07 Å². The molecule has 1 atom stereocenters. The summed E-state index contributed by atoms with van der Waals surface area (Å²) in [5.74, 6) is 0.240. The molecule has 1 unspecified atom stereocenters. The number of hydrogen-bond donors (Lipinski definition) is 2. The van der Waals surface area contributed by atoms with Gasteiger partial charge in [0, 0.05) is 19.6 Å². The Morgan fingerprint density at radius 2 is 2.17 bits per heavy atom. The second-order valence-corrected chi connectivity index (χ2v) is 5.37. The van der Waals surface area contributed by atoms with Crippen molar-refractivity contribution in [2.75, 3.05) is 18.5 Å². The van der Waals surface area contributed by atoms with Crippen molar-refractivity contribution in [3.8, 4) is 0 Å². The number of aliphatic hydroxyl groups is 1. The van der Waals surface area contributed by atoms with Crippen LogP contribution in [0.15, 0.2) is 18.2 Å². The summed E-state index contributed by atoms with van der Waals surface area (Å²) in [6.45, 7) is 2.62. The lowest BCUT2D eigenvalue weighted by atomic mass is 9.82. The first-order chi connectivity index (χ1) is 8.47. The number of nitrogens with zero attached hydrogens (tertiary/aromatic N) is 1. The van der Waals surface area contributed by atoms with Crippen LogP contribution in [-0.4, -0.2) is 24.8 Å². The molecule has 0 bridgehead atoms. The Bertz CT molecular complexity index is 416. The number of hydrogen-bond acceptors (Lipinski definition) is 3. The fourth-order valence-corrected chi connectivity index (χ4v) is 2.45. The number of anilines is 1. The standard InChI is InChI=1S/C14H21FN2O/c1-9(16)11-3-4-14(13(15)7-11)17(2)8-10-5-12(18)6-10/h3-4,7,9-10,12,18H,5-6,8,16H2,1-2H3. The molecule has 18 heavy (non-hydrogen) atoms. The Labute approximate surface area is 107 Å². The van der Waals surface area contributed by atoms with Crippen LogP contribution >= 0.6 is 0 Å². The average Bonchev–Trinajstić information content (AvgIpc) is 2.26. The van der Waals surface area contributed by atoms with Gasteiger partial charge in [-0.25, -0.2) is 4.39 Å². The fourth-order valence-electron chi connectivity index (χ4n) is 2.45. The summed E-state index contributed by atoms with van der Waals surface area (Å²) in [5.41, 5.74) is 7.13. The Balaban J connectivity index is 2.03. The van der Waals surface area contributed by atoms with Crippen LogP contribution in [0.5, 0.6) is 0 Å². The predicted molar refractivity (Wildman–Crippen MR) is 71.0 cm³/mol. The second kappa shape index (κ2) is 5.24. The molecule has 4 heteroatoms. The van der Waals surface area contributed by atoms with Crippen LogP contribution in [0.3, 0.4) is 0 Å². The van der Waals surface area contributed by atoms with Gasteiger partial charge < -0.3 is 15.7 Å². The van der Waals surface area contributed by atoms with Crippen molar-refractivity contribution in [3.05, 3.63) is 29.6 Å². The monoisotopic (exact) mass is 252 g/mol. The quantitative estimate of drug-likeness (QED) is 0.862. The lowest BCUT2D eigenvalue weighted by molar-refractivity contribution is 0.0464. The minimum Gasteiger partial charge on any atom is -0.393 e. The van der Waals surface area contributed by atoms with Crippen molar-refractivity contribution in [2.24, 2.45) is 11.7 Å². The molecule has 2 rings (SSSR count). The minimum atomic E-state index is -0.229. The number of benzene rings is 1. The largest absolute Gasteiger partial charge is 0.393 e. The summed E-state index contributed by atoms with van der Waals surface area (Å²) in [7, 11) is 1.88. The van der Waals surface area contributed by atoms with Gasteiger partial charge in [0.15, 0.2) is 0 Å². The summed E-state index contributed by atoms with van der Waals surface area (Å²) in [6, 6.07) is 5.00. The van der Waals surface area contributed by atoms with Gasteiger partial charge in [-0.3, -0.25) is 0 Å². The molecule has 3 nitrogen and oxygen atoms in total. The van der Waals surface area contributed by atoms with E-state index in [0.29, 0.717) is 11.6 Å². The van der Waals surface area contributed by atoms with Crippen molar-refractivity contribution >= 4 is 5.69 Å². The predicted octanol–water partition coefficient (Wildman–Crippen LogP) is 2.05. The van der Waals surface area contributed by atoms with Crippen LogP contribution in [0.25, 0.3) is 0 Å². The zero-order chi connectivity index (χ0) is 13.3. The van der Waals surface area contributed by atoms with Gasteiger partial charge in [-0.05, 0) is 43.4 Å². The zero-order valence-corrected chi connectivity index (χ0v) is 10.9. The lowest BCUT2D eigenvalue weighted by Gasteiger charge is -2.35. The molecular weight excluding hydrogens is 231 g/mol. The Morgan fingerprint density at radius 3 is 2.67 bits per heavy atom. The molecule has 1 aromatic carbocycles. The van der Waals surface area contributed by atoms with Gasteiger partial charge in [0.25, 0.3) is 0 Å². The summed E-state index contributed by atoms with van der Waals surface area (Å²) < 4.78 is 14.0. The SMILES string of the molecule is CC(N)c1ccc(N(C)CC2CC(O)C2)c(F)c1. The molecule has 0 aromatic heterocycles. The van der Waals surface area contributed by atoms with Crippen molar-refractivity contribution in [2.45, 2.75) is 31.9 Å². The Kier molecular flexibility index (Phi) is 3.88. The topological polar surface area (TPSA) is 49.5 Å². The third-order valence-electron chi connectivity index (χ3n) is 3.65. The molecule has 1 saturated carbocycles. The first-order valence-corrected chi connectivity index (χ1v) is 6.41.